The van der Waals surface area contributed by atoms with E-state index in [0.717, 1.165) is 61.7 Å². The molecular weight excluding hydrogens is 435 g/mol. The van der Waals surface area contributed by atoms with Crippen molar-refractivity contribution in [3.8, 4) is 5.75 Å². The predicted molar refractivity (Wildman–Crippen MR) is 142 cm³/mol. The van der Waals surface area contributed by atoms with Gasteiger partial charge >= 0.3 is 5.97 Å². The Morgan fingerprint density at radius 1 is 0.971 bits per heavy atom. The quantitative estimate of drug-likeness (QED) is 0.199. The lowest BCUT2D eigenvalue weighted by Gasteiger charge is -2.45. The molecule has 0 N–H and O–H groups in total. The molecule has 0 saturated heterocycles. The van der Waals surface area contributed by atoms with E-state index in [1.54, 1.807) is 12.1 Å². The molecule has 0 radical (unpaired) electrons. The number of carbonyl (C=O) groups is 1. The summed E-state index contributed by atoms with van der Waals surface area (Å²) in [5, 5.41) is 0. The smallest absolute Gasteiger partial charge is 0.314 e. The number of rotatable bonds is 9. The zero-order valence-corrected chi connectivity index (χ0v) is 22.2. The van der Waals surface area contributed by atoms with Gasteiger partial charge in [-0.3, -0.25) is 4.79 Å². The van der Waals surface area contributed by atoms with E-state index in [2.05, 4.69) is 6.92 Å². The molecule has 0 spiro atoms. The maximum Gasteiger partial charge on any atom is 0.314 e. The van der Waals surface area contributed by atoms with E-state index >= 15 is 0 Å². The molecule has 3 saturated carbocycles. The second-order valence-electron chi connectivity index (χ2n) is 11.8. The van der Waals surface area contributed by atoms with Gasteiger partial charge in [0.25, 0.3) is 0 Å². The Morgan fingerprint density at radius 3 is 2.37 bits per heavy atom. The highest BCUT2D eigenvalue weighted by atomic mass is 19.1. The Kier molecular flexibility index (Phi) is 9.86. The summed E-state index contributed by atoms with van der Waals surface area (Å²) in [6.07, 6.45) is 22.6. The average molecular weight is 483 g/mol. The van der Waals surface area contributed by atoms with Crippen LogP contribution in [0.5, 0.6) is 5.75 Å². The first-order valence-electron chi connectivity index (χ1n) is 14.7. The number of esters is 1. The highest BCUT2D eigenvalue weighted by Gasteiger charge is 2.39. The Hall–Kier alpha value is -1.64. The third-order valence-electron chi connectivity index (χ3n) is 9.56. The fraction of sp³-hybridized carbons (Fsp3) is 0.719. The van der Waals surface area contributed by atoms with E-state index in [1.807, 2.05) is 19.1 Å². The number of ether oxygens (including phenoxy) is 1. The van der Waals surface area contributed by atoms with Crippen LogP contribution in [0.4, 0.5) is 4.39 Å². The van der Waals surface area contributed by atoms with Gasteiger partial charge in [0.2, 0.25) is 0 Å². The molecule has 194 valence electrons. The van der Waals surface area contributed by atoms with Crippen LogP contribution < -0.4 is 4.74 Å². The lowest BCUT2D eigenvalue weighted by Crippen LogP contribution is -2.35. The van der Waals surface area contributed by atoms with Crippen LogP contribution in [0.3, 0.4) is 0 Å². The maximum absolute atomic E-state index is 14.4. The number of hydrogen-bond donors (Lipinski definition) is 0. The first-order valence-corrected chi connectivity index (χ1v) is 14.7. The average Bonchev–Trinajstić information content (AvgIpc) is 2.88. The number of aryl methyl sites for hydroxylation is 1. The Morgan fingerprint density at radius 2 is 1.66 bits per heavy atom. The van der Waals surface area contributed by atoms with Crippen molar-refractivity contribution in [3.63, 3.8) is 0 Å². The van der Waals surface area contributed by atoms with E-state index in [-0.39, 0.29) is 17.7 Å². The van der Waals surface area contributed by atoms with Gasteiger partial charge in [0.1, 0.15) is 11.6 Å². The Balaban J connectivity index is 1.21. The molecule has 0 bridgehead atoms. The van der Waals surface area contributed by atoms with E-state index in [4.69, 9.17) is 4.74 Å². The minimum Gasteiger partial charge on any atom is -0.426 e. The lowest BCUT2D eigenvalue weighted by atomic mass is 9.60. The highest BCUT2D eigenvalue weighted by Crippen LogP contribution is 2.49. The van der Waals surface area contributed by atoms with Crippen molar-refractivity contribution in [1.29, 1.82) is 0 Å². The fourth-order valence-electron chi connectivity index (χ4n) is 7.43. The van der Waals surface area contributed by atoms with Crippen LogP contribution in [0, 0.1) is 41.3 Å². The molecule has 2 nitrogen and oxygen atoms in total. The van der Waals surface area contributed by atoms with Gasteiger partial charge in [0, 0.05) is 6.07 Å². The third-order valence-corrected chi connectivity index (χ3v) is 9.56. The molecular formula is C32H47FO2. The molecule has 3 fully saturated rings. The van der Waals surface area contributed by atoms with Gasteiger partial charge in [0.15, 0.2) is 0 Å². The molecule has 0 amide bonds. The monoisotopic (exact) mass is 482 g/mol. The number of allylic oxidation sites excluding steroid dienone is 2. The highest BCUT2D eigenvalue weighted by molar-refractivity contribution is 5.75. The van der Waals surface area contributed by atoms with Crippen molar-refractivity contribution in [3.05, 3.63) is 41.7 Å². The second kappa shape index (κ2) is 13.1. The largest absolute Gasteiger partial charge is 0.426 e. The van der Waals surface area contributed by atoms with Crippen LogP contribution >= 0.6 is 0 Å². The molecule has 35 heavy (non-hydrogen) atoms. The van der Waals surface area contributed by atoms with Crippen LogP contribution in [-0.4, -0.2) is 5.97 Å². The molecule has 1 aromatic rings. The zero-order chi connectivity index (χ0) is 24.6. The normalized spacial score (nSPS) is 31.3. The molecule has 4 rings (SSSR count). The molecule has 0 heterocycles. The first kappa shape index (κ1) is 26.4. The molecule has 4 unspecified atom stereocenters. The Bertz CT molecular complexity index is 838. The van der Waals surface area contributed by atoms with E-state index in [0.29, 0.717) is 17.7 Å². The number of fused-ring (bicyclic) bond motifs is 1. The topological polar surface area (TPSA) is 26.3 Å². The van der Waals surface area contributed by atoms with Crippen LogP contribution in [0.2, 0.25) is 0 Å². The lowest BCUT2D eigenvalue weighted by molar-refractivity contribution is -0.140. The van der Waals surface area contributed by atoms with E-state index in [9.17, 15) is 9.18 Å². The van der Waals surface area contributed by atoms with Crippen molar-refractivity contribution in [1.82, 2.24) is 0 Å². The molecule has 4 atom stereocenters. The number of unbranched alkanes of at least 4 members (excludes halogenated alkanes) is 1. The van der Waals surface area contributed by atoms with Gasteiger partial charge in [0.05, 0.1) is 5.92 Å². The summed E-state index contributed by atoms with van der Waals surface area (Å²) in [5.41, 5.74) is 0.674. The van der Waals surface area contributed by atoms with Crippen LogP contribution in [0.25, 0.3) is 0 Å². The van der Waals surface area contributed by atoms with Crippen molar-refractivity contribution in [2.75, 3.05) is 0 Å². The van der Waals surface area contributed by atoms with Crippen LogP contribution in [0.1, 0.15) is 109 Å². The summed E-state index contributed by atoms with van der Waals surface area (Å²) in [7, 11) is 0. The van der Waals surface area contributed by atoms with Crippen molar-refractivity contribution in [2.45, 2.75) is 110 Å². The van der Waals surface area contributed by atoms with Crippen LogP contribution in [-0.2, 0) is 11.2 Å². The Labute approximate surface area is 213 Å². The van der Waals surface area contributed by atoms with Crippen molar-refractivity contribution >= 4 is 5.97 Å². The van der Waals surface area contributed by atoms with Gasteiger partial charge < -0.3 is 4.74 Å². The van der Waals surface area contributed by atoms with Gasteiger partial charge in [-0.1, -0.05) is 50.8 Å². The van der Waals surface area contributed by atoms with Gasteiger partial charge in [-0.15, -0.1) is 0 Å². The number of benzene rings is 1. The van der Waals surface area contributed by atoms with Crippen LogP contribution in [0.15, 0.2) is 30.4 Å². The summed E-state index contributed by atoms with van der Waals surface area (Å²) in [6, 6.07) is 4.88. The van der Waals surface area contributed by atoms with Gasteiger partial charge in [-0.2, -0.15) is 0 Å². The fourth-order valence-corrected chi connectivity index (χ4v) is 7.43. The first-order chi connectivity index (χ1) is 17.1. The van der Waals surface area contributed by atoms with E-state index in [1.165, 1.54) is 63.9 Å². The predicted octanol–water partition coefficient (Wildman–Crippen LogP) is 9.07. The van der Waals surface area contributed by atoms with Gasteiger partial charge in [-0.05, 0) is 119 Å². The maximum atomic E-state index is 14.4. The van der Waals surface area contributed by atoms with Gasteiger partial charge in [-0.25, -0.2) is 4.39 Å². The molecule has 3 aliphatic carbocycles. The summed E-state index contributed by atoms with van der Waals surface area (Å²) < 4.78 is 20.0. The SMILES string of the molecule is C/C=C/CCc1ccc(OC(=O)C2CCC(C3CCC4CC(CCCC)CCC4C3)CC2)cc1F. The third kappa shape index (κ3) is 7.20. The standard InChI is InChI=1S/C32H47FO2/c1-3-5-7-9-25-18-19-30(22-31(25)33)35-32(34)26-14-12-24(13-15-26)28-17-16-27-20-23(8-6-4-2)10-11-29(27)21-28/h3,5,18-19,22-24,26-29H,4,6-17,20-21H2,1-2H3/b5-3+. The van der Waals surface area contributed by atoms with Crippen molar-refractivity contribution in [2.24, 2.45) is 35.5 Å². The molecule has 3 heteroatoms. The minimum absolute atomic E-state index is 0.0333. The zero-order valence-electron chi connectivity index (χ0n) is 22.2. The summed E-state index contributed by atoms with van der Waals surface area (Å²) >= 11 is 0. The number of carbonyl (C=O) groups excluding carboxylic acids is 1. The van der Waals surface area contributed by atoms with E-state index < -0.39 is 0 Å². The summed E-state index contributed by atoms with van der Waals surface area (Å²) in [5.74, 6) is 4.46. The van der Waals surface area contributed by atoms with Crippen molar-refractivity contribution < 1.29 is 13.9 Å². The summed E-state index contributed by atoms with van der Waals surface area (Å²) in [4.78, 5) is 12.8. The second-order valence-corrected chi connectivity index (χ2v) is 11.8. The molecule has 0 aliphatic heterocycles. The number of halogens is 1. The molecule has 3 aliphatic rings. The molecule has 0 aromatic heterocycles. The minimum atomic E-state index is -0.279. The molecule has 1 aromatic carbocycles. The summed E-state index contributed by atoms with van der Waals surface area (Å²) in [6.45, 7) is 4.28. The number of hydrogen-bond acceptors (Lipinski definition) is 2.